The molecule has 1 aliphatic carbocycles. The predicted molar refractivity (Wildman–Crippen MR) is 85.7 cm³/mol. The van der Waals surface area contributed by atoms with E-state index in [9.17, 15) is 0 Å². The van der Waals surface area contributed by atoms with Crippen LogP contribution in [0, 0.1) is 11.3 Å². The number of hydrogen-bond acceptors (Lipinski definition) is 4. The number of fused-ring (bicyclic) bond motifs is 1. The highest BCUT2D eigenvalue weighted by Gasteiger charge is 2.23. The van der Waals surface area contributed by atoms with Crippen LogP contribution in [0.25, 0.3) is 5.52 Å². The van der Waals surface area contributed by atoms with Crippen LogP contribution in [0.3, 0.4) is 0 Å². The van der Waals surface area contributed by atoms with E-state index < -0.39 is 0 Å². The Morgan fingerprint density at radius 1 is 1.38 bits per heavy atom. The summed E-state index contributed by atoms with van der Waals surface area (Å²) >= 11 is 0. The number of nitrogen functional groups attached to an aromatic ring is 2. The van der Waals surface area contributed by atoms with Crippen molar-refractivity contribution in [1.29, 1.82) is 5.41 Å². The van der Waals surface area contributed by atoms with Crippen LogP contribution in [0.15, 0.2) is 18.3 Å². The van der Waals surface area contributed by atoms with Crippen molar-refractivity contribution in [1.82, 2.24) is 9.61 Å². The molecule has 0 bridgehead atoms. The predicted octanol–water partition coefficient (Wildman–Crippen LogP) is 2.19. The molecule has 2 heterocycles. The minimum absolute atomic E-state index is 0.0238. The first kappa shape index (κ1) is 13.7. The molecule has 2 atom stereocenters. The van der Waals surface area contributed by atoms with Crippen LogP contribution in [-0.2, 0) is 0 Å². The van der Waals surface area contributed by atoms with Crippen molar-refractivity contribution in [2.24, 2.45) is 11.7 Å². The average molecular weight is 286 g/mol. The van der Waals surface area contributed by atoms with E-state index in [1.165, 1.54) is 19.3 Å². The molecule has 1 fully saturated rings. The molecule has 3 rings (SSSR count). The third-order valence-corrected chi connectivity index (χ3v) is 4.44. The second-order valence-corrected chi connectivity index (χ2v) is 5.91. The van der Waals surface area contributed by atoms with Crippen molar-refractivity contribution in [3.05, 3.63) is 23.9 Å². The zero-order chi connectivity index (χ0) is 15.0. The second kappa shape index (κ2) is 5.27. The summed E-state index contributed by atoms with van der Waals surface area (Å²) in [6.45, 7) is 2.27. The van der Waals surface area contributed by atoms with Gasteiger partial charge in [-0.2, -0.15) is 5.10 Å². The molecule has 112 valence electrons. The SMILES string of the molecule is CC1CCCCC1Nc1c(C(=N)N)cnn2c(N)ccc12. The largest absolute Gasteiger partial charge is 0.384 e. The molecule has 0 aliphatic heterocycles. The van der Waals surface area contributed by atoms with Crippen LogP contribution >= 0.6 is 0 Å². The molecular weight excluding hydrogens is 264 g/mol. The van der Waals surface area contributed by atoms with E-state index >= 15 is 0 Å². The zero-order valence-corrected chi connectivity index (χ0v) is 12.3. The fourth-order valence-electron chi connectivity index (χ4n) is 3.15. The van der Waals surface area contributed by atoms with Gasteiger partial charge in [0.25, 0.3) is 0 Å². The van der Waals surface area contributed by atoms with Gasteiger partial charge in [-0.25, -0.2) is 4.52 Å². The van der Waals surface area contributed by atoms with Crippen LogP contribution in [0.2, 0.25) is 0 Å². The third kappa shape index (κ3) is 2.41. The molecule has 0 spiro atoms. The summed E-state index contributed by atoms with van der Waals surface area (Å²) in [4.78, 5) is 0. The van der Waals surface area contributed by atoms with Gasteiger partial charge < -0.3 is 16.8 Å². The Balaban J connectivity index is 2.05. The van der Waals surface area contributed by atoms with Crippen LogP contribution < -0.4 is 16.8 Å². The van der Waals surface area contributed by atoms with Crippen molar-refractivity contribution < 1.29 is 0 Å². The first-order valence-corrected chi connectivity index (χ1v) is 7.45. The van der Waals surface area contributed by atoms with Gasteiger partial charge in [-0.3, -0.25) is 5.41 Å². The van der Waals surface area contributed by atoms with Gasteiger partial charge in [0.1, 0.15) is 11.7 Å². The van der Waals surface area contributed by atoms with Crippen molar-refractivity contribution in [2.45, 2.75) is 38.6 Å². The van der Waals surface area contributed by atoms with E-state index in [4.69, 9.17) is 16.9 Å². The summed E-state index contributed by atoms with van der Waals surface area (Å²) in [6.07, 6.45) is 6.52. The molecule has 2 unspecified atom stereocenters. The minimum Gasteiger partial charge on any atom is -0.384 e. The zero-order valence-electron chi connectivity index (χ0n) is 12.3. The van der Waals surface area contributed by atoms with Gasteiger partial charge >= 0.3 is 0 Å². The molecule has 0 saturated heterocycles. The fourth-order valence-corrected chi connectivity index (χ4v) is 3.15. The second-order valence-electron chi connectivity index (χ2n) is 5.91. The highest BCUT2D eigenvalue weighted by molar-refractivity contribution is 6.03. The van der Waals surface area contributed by atoms with Gasteiger partial charge in [0.2, 0.25) is 0 Å². The van der Waals surface area contributed by atoms with Crippen molar-refractivity contribution >= 4 is 22.9 Å². The van der Waals surface area contributed by atoms with Crippen molar-refractivity contribution in [2.75, 3.05) is 11.1 Å². The normalized spacial score (nSPS) is 22.3. The first-order chi connectivity index (χ1) is 10.1. The summed E-state index contributed by atoms with van der Waals surface area (Å²) in [5.41, 5.74) is 14.0. The van der Waals surface area contributed by atoms with Gasteiger partial charge in [0.05, 0.1) is 23.0 Å². The molecule has 6 nitrogen and oxygen atoms in total. The molecular formula is C15H22N6. The van der Waals surface area contributed by atoms with Crippen LogP contribution in [0.1, 0.15) is 38.2 Å². The van der Waals surface area contributed by atoms with Crippen LogP contribution in [0.5, 0.6) is 0 Å². The minimum atomic E-state index is 0.0238. The number of nitrogens with zero attached hydrogens (tertiary/aromatic N) is 2. The summed E-state index contributed by atoms with van der Waals surface area (Å²) in [6, 6.07) is 4.14. The Morgan fingerprint density at radius 3 is 2.86 bits per heavy atom. The topological polar surface area (TPSA) is 105 Å². The van der Waals surface area contributed by atoms with Gasteiger partial charge in [-0.05, 0) is 30.9 Å². The van der Waals surface area contributed by atoms with E-state index in [-0.39, 0.29) is 5.84 Å². The maximum Gasteiger partial charge on any atom is 0.126 e. The summed E-state index contributed by atoms with van der Waals surface area (Å²) in [5, 5.41) is 15.6. The number of nitrogens with one attached hydrogen (secondary N) is 2. The number of anilines is 2. The lowest BCUT2D eigenvalue weighted by molar-refractivity contribution is 0.349. The quantitative estimate of drug-likeness (QED) is 0.512. The van der Waals surface area contributed by atoms with Gasteiger partial charge in [-0.1, -0.05) is 19.8 Å². The van der Waals surface area contributed by atoms with E-state index in [0.29, 0.717) is 23.3 Å². The smallest absolute Gasteiger partial charge is 0.126 e. The maximum atomic E-state index is 7.78. The number of rotatable bonds is 3. The number of nitrogens with two attached hydrogens (primary N) is 2. The molecule has 2 aromatic heterocycles. The van der Waals surface area contributed by atoms with Crippen molar-refractivity contribution in [3.63, 3.8) is 0 Å². The Kier molecular flexibility index (Phi) is 3.45. The number of amidine groups is 1. The maximum absolute atomic E-state index is 7.78. The standard InChI is InChI=1S/C15H22N6/c1-9-4-2-3-5-11(9)20-14-10(15(17)18)8-19-21-12(14)6-7-13(21)16/h6-9,11,20H,2-5,16H2,1H3,(H3,17,18). The summed E-state index contributed by atoms with van der Waals surface area (Å²) in [5.74, 6) is 1.22. The van der Waals surface area contributed by atoms with E-state index in [2.05, 4.69) is 17.3 Å². The fraction of sp³-hybridized carbons (Fsp3) is 0.467. The van der Waals surface area contributed by atoms with E-state index in [1.54, 1.807) is 10.7 Å². The van der Waals surface area contributed by atoms with Gasteiger partial charge in [0, 0.05) is 6.04 Å². The first-order valence-electron chi connectivity index (χ1n) is 7.45. The Labute approximate surface area is 124 Å². The summed E-state index contributed by atoms with van der Waals surface area (Å²) in [7, 11) is 0. The molecule has 6 heteroatoms. The molecule has 0 radical (unpaired) electrons. The Bertz CT molecular complexity index is 674. The van der Waals surface area contributed by atoms with E-state index in [0.717, 1.165) is 17.6 Å². The average Bonchev–Trinajstić information content (AvgIpc) is 2.83. The van der Waals surface area contributed by atoms with Gasteiger partial charge in [-0.15, -0.1) is 0 Å². The summed E-state index contributed by atoms with van der Waals surface area (Å²) < 4.78 is 1.68. The highest BCUT2D eigenvalue weighted by atomic mass is 15.3. The molecule has 1 aliphatic rings. The van der Waals surface area contributed by atoms with Crippen LogP contribution in [-0.4, -0.2) is 21.5 Å². The van der Waals surface area contributed by atoms with Gasteiger partial charge in [0.15, 0.2) is 0 Å². The molecule has 21 heavy (non-hydrogen) atoms. The highest BCUT2D eigenvalue weighted by Crippen LogP contribution is 2.30. The molecule has 0 amide bonds. The molecule has 2 aromatic rings. The lowest BCUT2D eigenvalue weighted by Crippen LogP contribution is -2.31. The van der Waals surface area contributed by atoms with Crippen molar-refractivity contribution in [3.8, 4) is 0 Å². The number of aromatic nitrogens is 2. The molecule has 1 saturated carbocycles. The van der Waals surface area contributed by atoms with Crippen LogP contribution in [0.4, 0.5) is 11.5 Å². The molecule has 0 aromatic carbocycles. The molecule has 6 N–H and O–H groups in total. The lowest BCUT2D eigenvalue weighted by Gasteiger charge is -2.31. The Morgan fingerprint density at radius 2 is 2.14 bits per heavy atom. The third-order valence-electron chi connectivity index (χ3n) is 4.44. The monoisotopic (exact) mass is 286 g/mol. The Hall–Kier alpha value is -2.24. The van der Waals surface area contributed by atoms with E-state index in [1.807, 2.05) is 12.1 Å². The lowest BCUT2D eigenvalue weighted by atomic mass is 9.85. The number of hydrogen-bond donors (Lipinski definition) is 4.